The largest absolute Gasteiger partial charge is 0.340 e. The summed E-state index contributed by atoms with van der Waals surface area (Å²) in [6.45, 7) is 6.41. The quantitative estimate of drug-likeness (QED) is 0.650. The van der Waals surface area contributed by atoms with Crippen LogP contribution in [-0.4, -0.2) is 51.7 Å². The van der Waals surface area contributed by atoms with Gasteiger partial charge in [-0.15, -0.1) is 0 Å². The van der Waals surface area contributed by atoms with Gasteiger partial charge in [-0.2, -0.15) is 5.10 Å². The molecule has 25 heavy (non-hydrogen) atoms. The summed E-state index contributed by atoms with van der Waals surface area (Å²) in [4.78, 5) is 16.6. The van der Waals surface area contributed by atoms with E-state index in [1.165, 1.54) is 6.07 Å². The van der Waals surface area contributed by atoms with E-state index in [1.54, 1.807) is 12.1 Å². The Hall–Kier alpha value is -1.48. The van der Waals surface area contributed by atoms with Crippen molar-refractivity contribution < 1.29 is 9.18 Å². The van der Waals surface area contributed by atoms with Gasteiger partial charge in [0.05, 0.1) is 9.26 Å². The highest BCUT2D eigenvalue weighted by Crippen LogP contribution is 2.12. The van der Waals surface area contributed by atoms with Gasteiger partial charge in [0.1, 0.15) is 5.82 Å². The van der Waals surface area contributed by atoms with Gasteiger partial charge in [0.2, 0.25) is 5.91 Å². The van der Waals surface area contributed by atoms with Crippen LogP contribution >= 0.6 is 22.6 Å². The lowest BCUT2D eigenvalue weighted by Crippen LogP contribution is -2.48. The Balaban J connectivity index is 1.44. The van der Waals surface area contributed by atoms with Crippen molar-refractivity contribution in [2.45, 2.75) is 26.4 Å². The minimum absolute atomic E-state index is 0.175. The molecule has 1 amide bonds. The zero-order valence-corrected chi connectivity index (χ0v) is 16.4. The van der Waals surface area contributed by atoms with E-state index in [0.717, 1.165) is 47.6 Å². The molecule has 134 valence electrons. The van der Waals surface area contributed by atoms with Crippen LogP contribution in [0.2, 0.25) is 0 Å². The lowest BCUT2D eigenvalue weighted by molar-refractivity contribution is -0.133. The second-order valence-electron chi connectivity index (χ2n) is 6.36. The van der Waals surface area contributed by atoms with Gasteiger partial charge in [-0.25, -0.2) is 4.39 Å². The molecule has 0 radical (unpaired) electrons. The van der Waals surface area contributed by atoms with Crippen LogP contribution in [0.1, 0.15) is 17.7 Å². The molecule has 1 aromatic heterocycles. The first-order valence-electron chi connectivity index (χ1n) is 8.45. The highest BCUT2D eigenvalue weighted by Gasteiger charge is 2.21. The molecule has 0 atom stereocenters. The van der Waals surface area contributed by atoms with Crippen LogP contribution < -0.4 is 0 Å². The molecular formula is C18H22FIN4O. The van der Waals surface area contributed by atoms with Gasteiger partial charge < -0.3 is 4.90 Å². The Bertz CT molecular complexity index is 721. The molecule has 5 nitrogen and oxygen atoms in total. The molecule has 0 saturated carbocycles. The fourth-order valence-corrected chi connectivity index (χ4v) is 3.45. The van der Waals surface area contributed by atoms with Gasteiger partial charge in [0.25, 0.3) is 0 Å². The molecule has 0 aliphatic carbocycles. The van der Waals surface area contributed by atoms with E-state index in [4.69, 9.17) is 0 Å². The predicted octanol–water partition coefficient (Wildman–Crippen LogP) is 2.67. The van der Waals surface area contributed by atoms with Crippen LogP contribution in [0.15, 0.2) is 30.5 Å². The molecule has 1 saturated heterocycles. The van der Waals surface area contributed by atoms with Gasteiger partial charge in [-0.05, 0) is 47.2 Å². The zero-order chi connectivity index (χ0) is 17.8. The fraction of sp³-hybridized carbons (Fsp3) is 0.444. The van der Waals surface area contributed by atoms with Crippen LogP contribution in [-0.2, 0) is 17.9 Å². The molecule has 1 aliphatic rings. The third kappa shape index (κ3) is 5.01. The van der Waals surface area contributed by atoms with Crippen molar-refractivity contribution in [2.75, 3.05) is 26.2 Å². The summed E-state index contributed by atoms with van der Waals surface area (Å²) in [5.41, 5.74) is 1.97. The Morgan fingerprint density at radius 2 is 2.04 bits per heavy atom. The first kappa shape index (κ1) is 18.3. The summed E-state index contributed by atoms with van der Waals surface area (Å²) < 4.78 is 16.2. The number of hydrogen-bond donors (Lipinski definition) is 0. The van der Waals surface area contributed by atoms with Crippen LogP contribution in [0.25, 0.3) is 0 Å². The highest BCUT2D eigenvalue weighted by atomic mass is 127. The number of halogens is 2. The van der Waals surface area contributed by atoms with Gasteiger partial charge >= 0.3 is 0 Å². The monoisotopic (exact) mass is 456 g/mol. The lowest BCUT2D eigenvalue weighted by Gasteiger charge is -2.34. The molecule has 1 aliphatic heterocycles. The molecule has 0 spiro atoms. The first-order valence-corrected chi connectivity index (χ1v) is 9.53. The summed E-state index contributed by atoms with van der Waals surface area (Å²) in [6.07, 6.45) is 2.45. The second-order valence-corrected chi connectivity index (χ2v) is 7.52. The number of rotatable bonds is 5. The number of piperazine rings is 1. The van der Waals surface area contributed by atoms with Crippen molar-refractivity contribution in [1.82, 2.24) is 19.6 Å². The SMILES string of the molecule is Cc1nn(CCC(=O)N2CCN(Cc3cccc(F)c3)CC2)cc1I. The summed E-state index contributed by atoms with van der Waals surface area (Å²) in [7, 11) is 0. The maximum Gasteiger partial charge on any atom is 0.224 e. The highest BCUT2D eigenvalue weighted by molar-refractivity contribution is 14.1. The normalized spacial score (nSPS) is 15.6. The van der Waals surface area contributed by atoms with Gasteiger partial charge in [-0.3, -0.25) is 14.4 Å². The van der Waals surface area contributed by atoms with E-state index in [2.05, 4.69) is 32.6 Å². The second kappa shape index (κ2) is 8.27. The topological polar surface area (TPSA) is 41.4 Å². The van der Waals surface area contributed by atoms with E-state index >= 15 is 0 Å². The Morgan fingerprint density at radius 1 is 1.28 bits per heavy atom. The van der Waals surface area contributed by atoms with Crippen molar-refractivity contribution >= 4 is 28.5 Å². The van der Waals surface area contributed by atoms with Crippen LogP contribution in [0.4, 0.5) is 4.39 Å². The molecule has 3 rings (SSSR count). The average Bonchev–Trinajstić information content (AvgIpc) is 2.91. The molecule has 0 bridgehead atoms. The Labute approximate surface area is 160 Å². The molecule has 0 unspecified atom stereocenters. The number of carbonyl (C=O) groups excluding carboxylic acids is 1. The first-order chi connectivity index (χ1) is 12.0. The predicted molar refractivity (Wildman–Crippen MR) is 103 cm³/mol. The van der Waals surface area contributed by atoms with Gasteiger partial charge in [0, 0.05) is 51.9 Å². The maximum absolute atomic E-state index is 13.3. The summed E-state index contributed by atoms with van der Waals surface area (Å²) in [5.74, 6) is -0.0246. The number of nitrogens with zero attached hydrogens (tertiary/aromatic N) is 4. The number of amides is 1. The number of aryl methyl sites for hydroxylation is 2. The van der Waals surface area contributed by atoms with Crippen molar-refractivity contribution in [1.29, 1.82) is 0 Å². The average molecular weight is 456 g/mol. The molecule has 1 fully saturated rings. The van der Waals surface area contributed by atoms with E-state index in [9.17, 15) is 9.18 Å². The van der Waals surface area contributed by atoms with E-state index < -0.39 is 0 Å². The standard InChI is InChI=1S/C18H22FIN4O/c1-14-17(20)13-24(21-14)6-5-18(25)23-9-7-22(8-10-23)12-15-3-2-4-16(19)11-15/h2-4,11,13H,5-10,12H2,1H3. The van der Waals surface area contributed by atoms with Gasteiger partial charge in [0.15, 0.2) is 0 Å². The smallest absolute Gasteiger partial charge is 0.224 e. The number of aromatic nitrogens is 2. The number of hydrogen-bond acceptors (Lipinski definition) is 3. The minimum Gasteiger partial charge on any atom is -0.340 e. The maximum atomic E-state index is 13.3. The molecule has 1 aromatic carbocycles. The molecule has 2 aromatic rings. The van der Waals surface area contributed by atoms with Crippen LogP contribution in [0, 0.1) is 16.3 Å². The lowest BCUT2D eigenvalue weighted by atomic mass is 10.2. The molecule has 7 heteroatoms. The Morgan fingerprint density at radius 3 is 2.68 bits per heavy atom. The van der Waals surface area contributed by atoms with E-state index in [-0.39, 0.29) is 11.7 Å². The van der Waals surface area contributed by atoms with E-state index in [1.807, 2.05) is 28.8 Å². The van der Waals surface area contributed by atoms with Crippen molar-refractivity contribution in [2.24, 2.45) is 0 Å². The number of benzene rings is 1. The van der Waals surface area contributed by atoms with Gasteiger partial charge in [-0.1, -0.05) is 12.1 Å². The number of carbonyl (C=O) groups is 1. The van der Waals surface area contributed by atoms with Crippen molar-refractivity contribution in [3.8, 4) is 0 Å². The Kier molecular flexibility index (Phi) is 6.06. The third-order valence-corrected chi connectivity index (χ3v) is 5.52. The zero-order valence-electron chi connectivity index (χ0n) is 14.3. The summed E-state index contributed by atoms with van der Waals surface area (Å²) >= 11 is 2.25. The third-order valence-electron chi connectivity index (χ3n) is 4.46. The minimum atomic E-state index is -0.199. The van der Waals surface area contributed by atoms with Crippen molar-refractivity contribution in [3.05, 3.63) is 51.1 Å². The van der Waals surface area contributed by atoms with E-state index in [0.29, 0.717) is 13.0 Å². The molecular weight excluding hydrogens is 434 g/mol. The fourth-order valence-electron chi connectivity index (χ4n) is 3.03. The van der Waals surface area contributed by atoms with Crippen molar-refractivity contribution in [3.63, 3.8) is 0 Å². The van der Waals surface area contributed by atoms with Crippen LogP contribution in [0.3, 0.4) is 0 Å². The molecule has 0 N–H and O–H groups in total. The summed E-state index contributed by atoms with van der Waals surface area (Å²) in [6, 6.07) is 6.71. The summed E-state index contributed by atoms with van der Waals surface area (Å²) in [5, 5.41) is 4.39. The van der Waals surface area contributed by atoms with Crippen LogP contribution in [0.5, 0.6) is 0 Å². The molecule has 2 heterocycles.